The molecular formula is C29H26N5O5S+. The topological polar surface area (TPSA) is 112 Å². The van der Waals surface area contributed by atoms with Gasteiger partial charge in [-0.25, -0.2) is 9.79 Å². The zero-order valence-corrected chi connectivity index (χ0v) is 22.8. The number of aliphatic imine (C=N–C) groups is 1. The lowest BCUT2D eigenvalue weighted by Gasteiger charge is -2.17. The average molecular weight is 557 g/mol. The van der Waals surface area contributed by atoms with E-state index in [-0.39, 0.29) is 23.1 Å². The monoisotopic (exact) mass is 556 g/mol. The highest BCUT2D eigenvalue weighted by Gasteiger charge is 2.35. The van der Waals surface area contributed by atoms with Crippen molar-refractivity contribution in [1.29, 1.82) is 0 Å². The first-order valence-corrected chi connectivity index (χ1v) is 13.3. The van der Waals surface area contributed by atoms with Gasteiger partial charge in [0.05, 0.1) is 18.6 Å². The van der Waals surface area contributed by atoms with E-state index in [1.807, 2.05) is 61.5 Å². The number of carbonyl (C=O) groups excluding carboxylic acids is 2. The van der Waals surface area contributed by atoms with Gasteiger partial charge < -0.3 is 9.64 Å². The number of H-pyrrole nitrogens is 1. The highest BCUT2D eigenvalue weighted by atomic mass is 32.2. The van der Waals surface area contributed by atoms with E-state index in [1.165, 1.54) is 9.58 Å². The van der Waals surface area contributed by atoms with Crippen LogP contribution in [-0.2, 0) is 4.79 Å². The predicted molar refractivity (Wildman–Crippen MR) is 154 cm³/mol. The highest BCUT2D eigenvalue weighted by molar-refractivity contribution is 8.14. The number of amidine groups is 1. The quantitative estimate of drug-likeness (QED) is 0.200. The summed E-state index contributed by atoms with van der Waals surface area (Å²) in [7, 11) is 5.46. The third-order valence-electron chi connectivity index (χ3n) is 6.13. The van der Waals surface area contributed by atoms with E-state index in [0.717, 1.165) is 23.0 Å². The number of anilines is 2. The Balaban J connectivity index is 1.42. The fraction of sp³-hybridized carbons (Fsp3) is 0.138. The molecule has 0 unspecified atom stereocenters. The molecule has 0 atom stereocenters. The Labute approximate surface area is 234 Å². The maximum absolute atomic E-state index is 13.5. The molecule has 1 N–H and O–H groups in total. The molecule has 0 spiro atoms. The molecule has 40 heavy (non-hydrogen) atoms. The van der Waals surface area contributed by atoms with Gasteiger partial charge in [-0.05, 0) is 58.0 Å². The van der Waals surface area contributed by atoms with E-state index < -0.39 is 11.4 Å². The Morgan fingerprint density at radius 2 is 1.75 bits per heavy atom. The SMILES string of the molecule is COc1ccc(-[n+]2[nH]oc(=O)c2C(=O)CSC2=N/C(=C/c3ccc(N(C)C)cc3)C(=O)N2c2ccccc2)cc1. The van der Waals surface area contributed by atoms with E-state index >= 15 is 0 Å². The van der Waals surface area contributed by atoms with Crippen LogP contribution in [0.5, 0.6) is 5.75 Å². The van der Waals surface area contributed by atoms with Crippen LogP contribution in [0.1, 0.15) is 16.1 Å². The molecule has 0 aliphatic carbocycles. The molecule has 0 bridgehead atoms. The fourth-order valence-corrected chi connectivity index (χ4v) is 4.92. The molecule has 4 aromatic rings. The summed E-state index contributed by atoms with van der Waals surface area (Å²) in [4.78, 5) is 47.2. The minimum Gasteiger partial charge on any atom is -0.497 e. The lowest BCUT2D eigenvalue weighted by atomic mass is 10.1. The molecule has 1 aliphatic rings. The number of rotatable bonds is 8. The van der Waals surface area contributed by atoms with E-state index in [1.54, 1.807) is 49.6 Å². The van der Waals surface area contributed by atoms with Crippen molar-refractivity contribution >= 4 is 46.1 Å². The molecule has 11 heteroatoms. The van der Waals surface area contributed by atoms with Crippen LogP contribution in [0.25, 0.3) is 11.8 Å². The minimum absolute atomic E-state index is 0.154. The Morgan fingerprint density at radius 3 is 2.40 bits per heavy atom. The molecule has 202 valence electrons. The number of nitrogens with one attached hydrogen (secondary N) is 1. The standard InChI is InChI=1S/C29H25N5O5S/c1-32(2)20-11-9-19(10-12-20)17-24-27(36)33(21-7-5-4-6-8-21)29(30-24)40-18-25(35)26-28(37)39-31-34(26)22-13-15-23(38-3)16-14-22/h4-17H,18H2,1-3H3/p+1/b24-17+. The minimum atomic E-state index is -0.799. The summed E-state index contributed by atoms with van der Waals surface area (Å²) in [5.74, 6) is -0.331. The van der Waals surface area contributed by atoms with Crippen LogP contribution >= 0.6 is 11.8 Å². The number of benzene rings is 3. The van der Waals surface area contributed by atoms with Crippen LogP contribution < -0.4 is 24.8 Å². The van der Waals surface area contributed by atoms with Crippen LogP contribution in [0.2, 0.25) is 0 Å². The van der Waals surface area contributed by atoms with Crippen molar-refractivity contribution in [2.75, 3.05) is 36.8 Å². The first-order chi connectivity index (χ1) is 19.4. The van der Waals surface area contributed by atoms with Crippen LogP contribution in [0.4, 0.5) is 11.4 Å². The van der Waals surface area contributed by atoms with Crippen molar-refractivity contribution in [2.45, 2.75) is 0 Å². The number of aromatic amines is 1. The van der Waals surface area contributed by atoms with Gasteiger partial charge in [0.1, 0.15) is 11.4 Å². The number of carbonyl (C=O) groups is 2. The summed E-state index contributed by atoms with van der Waals surface area (Å²) in [5, 5.41) is 2.81. The number of hydrogen-bond acceptors (Lipinski definition) is 8. The third-order valence-corrected chi connectivity index (χ3v) is 7.07. The molecule has 1 amide bonds. The van der Waals surface area contributed by atoms with Crippen molar-refractivity contribution < 1.29 is 23.5 Å². The number of hydrogen-bond donors (Lipinski definition) is 1. The molecule has 1 aliphatic heterocycles. The highest BCUT2D eigenvalue weighted by Crippen LogP contribution is 2.29. The van der Waals surface area contributed by atoms with Crippen molar-refractivity contribution in [1.82, 2.24) is 5.27 Å². The van der Waals surface area contributed by atoms with Crippen molar-refractivity contribution in [3.8, 4) is 11.4 Å². The molecule has 0 saturated carbocycles. The lowest BCUT2D eigenvalue weighted by molar-refractivity contribution is -0.672. The maximum Gasteiger partial charge on any atom is 0.438 e. The Hall–Kier alpha value is -4.90. The summed E-state index contributed by atoms with van der Waals surface area (Å²) in [5.41, 5.74) is 2.25. The number of ether oxygens (including phenoxy) is 1. The van der Waals surface area contributed by atoms with Gasteiger partial charge in [-0.3, -0.25) is 19.0 Å². The fourth-order valence-electron chi connectivity index (χ4n) is 4.05. The smallest absolute Gasteiger partial charge is 0.438 e. The second-order valence-corrected chi connectivity index (χ2v) is 9.90. The maximum atomic E-state index is 13.5. The van der Waals surface area contributed by atoms with Gasteiger partial charge in [-0.15, -0.1) is 0 Å². The van der Waals surface area contributed by atoms with Gasteiger partial charge in [-0.1, -0.05) is 42.1 Å². The second-order valence-electron chi connectivity index (χ2n) is 8.96. The number of aromatic nitrogens is 2. The Bertz CT molecular complexity index is 1660. The molecule has 5 rings (SSSR count). The number of thioether (sulfide) groups is 1. The van der Waals surface area contributed by atoms with E-state index in [4.69, 9.17) is 9.26 Å². The third kappa shape index (κ3) is 5.45. The van der Waals surface area contributed by atoms with Crippen molar-refractivity contribution in [2.24, 2.45) is 4.99 Å². The van der Waals surface area contributed by atoms with Crippen LogP contribution in [0, 0.1) is 0 Å². The molecule has 1 aromatic heterocycles. The summed E-state index contributed by atoms with van der Waals surface area (Å²) < 4.78 is 11.4. The average Bonchev–Trinajstić information content (AvgIpc) is 3.51. The van der Waals surface area contributed by atoms with E-state index in [0.29, 0.717) is 22.3 Å². The first-order valence-electron chi connectivity index (χ1n) is 12.3. The van der Waals surface area contributed by atoms with E-state index in [9.17, 15) is 14.4 Å². The van der Waals surface area contributed by atoms with Gasteiger partial charge in [0.2, 0.25) is 11.5 Å². The number of Topliss-reactive ketones (excluding diaryl/α,β-unsaturated/α-hetero) is 1. The van der Waals surface area contributed by atoms with Gasteiger partial charge in [0, 0.05) is 31.9 Å². The zero-order chi connectivity index (χ0) is 28.2. The number of methoxy groups -OCH3 is 1. The van der Waals surface area contributed by atoms with Gasteiger partial charge >= 0.3 is 11.3 Å². The molecule has 10 nitrogen and oxygen atoms in total. The van der Waals surface area contributed by atoms with Crippen LogP contribution in [-0.4, -0.2) is 49.1 Å². The largest absolute Gasteiger partial charge is 0.497 e. The zero-order valence-electron chi connectivity index (χ0n) is 22.0. The number of para-hydroxylation sites is 1. The van der Waals surface area contributed by atoms with Crippen LogP contribution in [0.15, 0.2) is 98.9 Å². The van der Waals surface area contributed by atoms with Crippen LogP contribution in [0.3, 0.4) is 0 Å². The van der Waals surface area contributed by atoms with Gasteiger partial charge in [-0.2, -0.15) is 0 Å². The lowest BCUT2D eigenvalue weighted by Crippen LogP contribution is -2.41. The molecule has 0 radical (unpaired) electrons. The molecule has 3 aromatic carbocycles. The normalized spacial score (nSPS) is 14.0. The number of ketones is 1. The Kier molecular flexibility index (Phi) is 7.65. The summed E-state index contributed by atoms with van der Waals surface area (Å²) in [6.45, 7) is 0. The number of nitrogens with zero attached hydrogens (tertiary/aromatic N) is 4. The first kappa shape index (κ1) is 26.7. The molecule has 2 heterocycles. The second kappa shape index (κ2) is 11.5. The van der Waals surface area contributed by atoms with E-state index in [2.05, 4.69) is 10.3 Å². The number of amides is 1. The molecule has 0 fully saturated rings. The molecule has 0 saturated heterocycles. The summed E-state index contributed by atoms with van der Waals surface area (Å²) >= 11 is 1.07. The van der Waals surface area contributed by atoms with Gasteiger partial charge in [0.25, 0.3) is 5.91 Å². The summed E-state index contributed by atoms with van der Waals surface area (Å²) in [6, 6.07) is 23.6. The van der Waals surface area contributed by atoms with Crippen molar-refractivity contribution in [3.05, 3.63) is 106 Å². The predicted octanol–water partition coefficient (Wildman–Crippen LogP) is 3.68. The summed E-state index contributed by atoms with van der Waals surface area (Å²) in [6.07, 6.45) is 1.71. The van der Waals surface area contributed by atoms with Crippen molar-refractivity contribution in [3.63, 3.8) is 0 Å². The Morgan fingerprint density at radius 1 is 1.05 bits per heavy atom. The molecular weight excluding hydrogens is 530 g/mol. The van der Waals surface area contributed by atoms with Gasteiger partial charge in [0.15, 0.2) is 5.17 Å².